The van der Waals surface area contributed by atoms with Crippen molar-refractivity contribution in [2.24, 2.45) is 0 Å². The van der Waals surface area contributed by atoms with Crippen molar-refractivity contribution in [3.8, 4) is 0 Å². The molecule has 0 aromatic heterocycles. The third-order valence-electron chi connectivity index (χ3n) is 4.65. The third kappa shape index (κ3) is 4.94. The number of hydrogen-bond acceptors (Lipinski definition) is 10. The zero-order valence-corrected chi connectivity index (χ0v) is 16.6. The maximum absolute atomic E-state index is 12.3. The fourth-order valence-electron chi connectivity index (χ4n) is 2.97. The Hall–Kier alpha value is -4.16. The topological polar surface area (TPSA) is 165 Å². The van der Waals surface area contributed by atoms with Gasteiger partial charge in [-0.25, -0.2) is 4.79 Å². The maximum atomic E-state index is 12.3. The van der Waals surface area contributed by atoms with Crippen LogP contribution in [-0.4, -0.2) is 81.9 Å². The fourth-order valence-corrected chi connectivity index (χ4v) is 2.97. The molecule has 0 radical (unpaired) electrons. The van der Waals surface area contributed by atoms with Crippen molar-refractivity contribution in [2.45, 2.75) is 25.7 Å². The van der Waals surface area contributed by atoms with E-state index in [1.54, 1.807) is 0 Å². The predicted octanol–water partition coefficient (Wildman–Crippen LogP) is -1.86. The van der Waals surface area contributed by atoms with E-state index in [1.165, 1.54) is 0 Å². The van der Waals surface area contributed by atoms with Crippen LogP contribution in [0.5, 0.6) is 0 Å². The number of imide groups is 3. The normalized spacial score (nSPS) is 18.2. The van der Waals surface area contributed by atoms with Crippen LogP contribution in [0.1, 0.15) is 25.7 Å². The third-order valence-corrected chi connectivity index (χ3v) is 4.65. The summed E-state index contributed by atoms with van der Waals surface area (Å²) in [5.74, 6) is -5.69. The van der Waals surface area contributed by atoms with Gasteiger partial charge in [0.15, 0.2) is 0 Å². The molecule has 13 heteroatoms. The molecule has 0 bridgehead atoms. The molecule has 32 heavy (non-hydrogen) atoms. The summed E-state index contributed by atoms with van der Waals surface area (Å²) in [5.41, 5.74) is -0.128. The number of carbonyl (C=O) groups is 8. The number of nitrogens with zero attached hydrogens (tertiary/aromatic N) is 3. The number of esters is 1. The van der Waals surface area contributed by atoms with Crippen molar-refractivity contribution in [1.82, 2.24) is 14.9 Å². The average molecular weight is 447 g/mol. The van der Waals surface area contributed by atoms with Crippen LogP contribution in [0.15, 0.2) is 23.8 Å². The van der Waals surface area contributed by atoms with Gasteiger partial charge >= 0.3 is 11.9 Å². The van der Waals surface area contributed by atoms with Gasteiger partial charge in [-0.3, -0.25) is 43.4 Å². The first-order valence-electron chi connectivity index (χ1n) is 9.49. The molecular formula is C19H17N3O10. The second kappa shape index (κ2) is 9.32. The second-order valence-electron chi connectivity index (χ2n) is 6.83. The molecule has 3 aliphatic heterocycles. The molecule has 0 aromatic rings. The van der Waals surface area contributed by atoms with Gasteiger partial charge < -0.3 is 9.57 Å². The van der Waals surface area contributed by atoms with Crippen LogP contribution >= 0.6 is 0 Å². The molecular weight excluding hydrogens is 430 g/mol. The minimum absolute atomic E-state index is 0.0667. The molecule has 0 aliphatic carbocycles. The summed E-state index contributed by atoms with van der Waals surface area (Å²) in [4.78, 5) is 99.9. The molecule has 3 rings (SSSR count). The van der Waals surface area contributed by atoms with E-state index in [0.29, 0.717) is 5.06 Å². The molecule has 3 heterocycles. The fraction of sp³-hybridized carbons (Fsp3) is 0.368. The Morgan fingerprint density at radius 2 is 1.34 bits per heavy atom. The summed E-state index contributed by atoms with van der Waals surface area (Å²) >= 11 is 0. The van der Waals surface area contributed by atoms with E-state index >= 15 is 0 Å². The molecule has 3 aliphatic rings. The molecule has 0 saturated carbocycles. The lowest BCUT2D eigenvalue weighted by molar-refractivity contribution is -0.197. The molecule has 0 atom stereocenters. The van der Waals surface area contributed by atoms with E-state index in [4.69, 9.17) is 4.74 Å². The molecule has 0 aromatic carbocycles. The highest BCUT2D eigenvalue weighted by Crippen LogP contribution is 2.16. The van der Waals surface area contributed by atoms with E-state index < -0.39 is 60.4 Å². The minimum atomic E-state index is -0.977. The van der Waals surface area contributed by atoms with Crippen LogP contribution in [-0.2, 0) is 47.9 Å². The molecule has 168 valence electrons. The van der Waals surface area contributed by atoms with E-state index in [-0.39, 0.29) is 37.9 Å². The minimum Gasteiger partial charge on any atom is -0.461 e. The van der Waals surface area contributed by atoms with Crippen LogP contribution in [0.4, 0.5) is 0 Å². The lowest BCUT2D eigenvalue weighted by Gasteiger charge is -2.16. The van der Waals surface area contributed by atoms with Crippen molar-refractivity contribution in [3.63, 3.8) is 0 Å². The highest BCUT2D eigenvalue weighted by molar-refractivity contribution is 6.16. The molecule has 0 unspecified atom stereocenters. The van der Waals surface area contributed by atoms with Crippen LogP contribution in [0.25, 0.3) is 0 Å². The quantitative estimate of drug-likeness (QED) is 0.289. The number of hydroxylamine groups is 2. The lowest BCUT2D eigenvalue weighted by atomic mass is 10.3. The highest BCUT2D eigenvalue weighted by atomic mass is 16.7. The Morgan fingerprint density at radius 1 is 0.781 bits per heavy atom. The van der Waals surface area contributed by atoms with Gasteiger partial charge in [0.1, 0.15) is 6.61 Å². The standard InChI is InChI=1S/C19H17N3O10/c23-12-1-2-13(24)20(12)7-5-17(28)31-10-11-9-16(27)21(19(11)30)8-6-18(29)32-22-14(25)3-4-15(22)26/h1-2,9H,3-8,10H2. The van der Waals surface area contributed by atoms with Crippen molar-refractivity contribution in [3.05, 3.63) is 23.8 Å². The first-order valence-corrected chi connectivity index (χ1v) is 9.49. The highest BCUT2D eigenvalue weighted by Gasteiger charge is 2.35. The van der Waals surface area contributed by atoms with Gasteiger partial charge in [0.05, 0.1) is 18.4 Å². The largest absolute Gasteiger partial charge is 0.461 e. The number of hydrogen-bond donors (Lipinski definition) is 0. The van der Waals surface area contributed by atoms with Crippen molar-refractivity contribution < 1.29 is 47.9 Å². The monoisotopic (exact) mass is 447 g/mol. The van der Waals surface area contributed by atoms with Crippen molar-refractivity contribution >= 4 is 47.4 Å². The van der Waals surface area contributed by atoms with Gasteiger partial charge in [-0.1, -0.05) is 0 Å². The number of amides is 6. The molecule has 13 nitrogen and oxygen atoms in total. The Labute approximate surface area is 180 Å². The van der Waals surface area contributed by atoms with E-state index in [9.17, 15) is 38.4 Å². The van der Waals surface area contributed by atoms with Crippen molar-refractivity contribution in [2.75, 3.05) is 19.7 Å². The van der Waals surface area contributed by atoms with Crippen LogP contribution in [0.3, 0.4) is 0 Å². The SMILES string of the molecule is O=C(CCN1C(=O)C=CC1=O)OCC1=CC(=O)N(CCC(=O)ON2C(=O)CCC2=O)C1=O. The summed E-state index contributed by atoms with van der Waals surface area (Å²) in [7, 11) is 0. The van der Waals surface area contributed by atoms with Gasteiger partial charge in [-0.05, 0) is 0 Å². The number of carbonyl (C=O) groups excluding carboxylic acids is 8. The van der Waals surface area contributed by atoms with Crippen molar-refractivity contribution in [1.29, 1.82) is 0 Å². The summed E-state index contributed by atoms with van der Waals surface area (Å²) in [5, 5.41) is 0.360. The van der Waals surface area contributed by atoms with Crippen LogP contribution < -0.4 is 0 Å². The Balaban J connectivity index is 1.41. The Bertz CT molecular complexity index is 961. The second-order valence-corrected chi connectivity index (χ2v) is 6.83. The zero-order valence-electron chi connectivity index (χ0n) is 16.6. The van der Waals surface area contributed by atoms with Gasteiger partial charge in [0.25, 0.3) is 35.4 Å². The summed E-state index contributed by atoms with van der Waals surface area (Å²) in [6.07, 6.45) is 2.22. The van der Waals surface area contributed by atoms with Crippen LogP contribution in [0, 0.1) is 0 Å². The lowest BCUT2D eigenvalue weighted by Crippen LogP contribution is -2.36. The summed E-state index contributed by atoms with van der Waals surface area (Å²) in [6.45, 7) is -1.07. The maximum Gasteiger partial charge on any atom is 0.335 e. The first-order chi connectivity index (χ1) is 15.2. The Morgan fingerprint density at radius 3 is 1.97 bits per heavy atom. The average Bonchev–Trinajstić information content (AvgIpc) is 3.34. The molecule has 1 saturated heterocycles. The molecule has 1 fully saturated rings. The summed E-state index contributed by atoms with van der Waals surface area (Å²) < 4.78 is 4.91. The number of rotatable bonds is 9. The van der Waals surface area contributed by atoms with Gasteiger partial charge in [0, 0.05) is 44.2 Å². The molecule has 6 amide bonds. The van der Waals surface area contributed by atoms with Gasteiger partial charge in [0.2, 0.25) is 0 Å². The molecule has 0 N–H and O–H groups in total. The smallest absolute Gasteiger partial charge is 0.335 e. The molecule has 0 spiro atoms. The van der Waals surface area contributed by atoms with E-state index in [1.807, 2.05) is 0 Å². The summed E-state index contributed by atoms with van der Waals surface area (Å²) in [6, 6.07) is 0. The first kappa shape index (κ1) is 22.5. The van der Waals surface area contributed by atoms with Gasteiger partial charge in [-0.2, -0.15) is 0 Å². The van der Waals surface area contributed by atoms with Crippen LogP contribution in [0.2, 0.25) is 0 Å². The predicted molar refractivity (Wildman–Crippen MR) is 98.0 cm³/mol. The number of ether oxygens (including phenoxy) is 1. The van der Waals surface area contributed by atoms with Gasteiger partial charge in [-0.15, -0.1) is 5.06 Å². The van der Waals surface area contributed by atoms with E-state index in [0.717, 1.165) is 28.0 Å². The Kier molecular flexibility index (Phi) is 6.56. The zero-order chi connectivity index (χ0) is 23.4. The van der Waals surface area contributed by atoms with E-state index in [2.05, 4.69) is 4.84 Å².